The quantitative estimate of drug-likeness (QED) is 0.524. The molecular formula is C24H19N. The minimum absolute atomic E-state index is 0.681. The molecule has 1 nitrogen and oxygen atoms in total. The van der Waals surface area contributed by atoms with Crippen LogP contribution in [-0.2, 0) is 0 Å². The fourth-order valence-corrected chi connectivity index (χ4v) is 2.50. The molecule has 0 unspecified atom stereocenters. The van der Waals surface area contributed by atoms with Gasteiger partial charge in [0.2, 0.25) is 0 Å². The van der Waals surface area contributed by atoms with Crippen molar-refractivity contribution in [2.45, 2.75) is 6.92 Å². The van der Waals surface area contributed by atoms with Crippen molar-refractivity contribution < 1.29 is 0 Å². The third kappa shape index (κ3) is 4.80. The fourth-order valence-electron chi connectivity index (χ4n) is 2.50. The van der Waals surface area contributed by atoms with Crippen LogP contribution in [0.2, 0.25) is 0 Å². The van der Waals surface area contributed by atoms with Gasteiger partial charge in [0.25, 0.3) is 0 Å². The van der Waals surface area contributed by atoms with E-state index in [-0.39, 0.29) is 0 Å². The van der Waals surface area contributed by atoms with E-state index in [0.717, 1.165) is 11.1 Å². The van der Waals surface area contributed by atoms with Gasteiger partial charge in [-0.05, 0) is 47.4 Å². The van der Waals surface area contributed by atoms with Gasteiger partial charge in [-0.3, -0.25) is 0 Å². The Morgan fingerprint density at radius 3 is 1.64 bits per heavy atom. The zero-order valence-corrected chi connectivity index (χ0v) is 14.2. The van der Waals surface area contributed by atoms with Crippen molar-refractivity contribution in [2.75, 3.05) is 0 Å². The Morgan fingerprint density at radius 1 is 0.640 bits per heavy atom. The Hall–Kier alpha value is -3.37. The molecule has 3 rings (SSSR count). The zero-order valence-electron chi connectivity index (χ0n) is 14.2. The predicted molar refractivity (Wildman–Crippen MR) is 107 cm³/mol. The lowest BCUT2D eigenvalue weighted by Crippen LogP contribution is -1.78. The number of rotatable bonds is 4. The molecular weight excluding hydrogens is 302 g/mol. The summed E-state index contributed by atoms with van der Waals surface area (Å²) in [5, 5.41) is 8.84. The van der Waals surface area contributed by atoms with Crippen molar-refractivity contribution in [1.82, 2.24) is 0 Å². The molecule has 0 saturated heterocycles. The Balaban J connectivity index is 1.73. The smallest absolute Gasteiger partial charge is 0.0991 e. The monoisotopic (exact) mass is 321 g/mol. The molecule has 0 aliphatic heterocycles. The first-order valence-corrected chi connectivity index (χ1v) is 8.26. The number of hydrogen-bond donors (Lipinski definition) is 0. The third-order valence-electron chi connectivity index (χ3n) is 3.96. The highest BCUT2D eigenvalue weighted by Crippen LogP contribution is 2.14. The lowest BCUT2D eigenvalue weighted by molar-refractivity contribution is 1.46. The maximum absolute atomic E-state index is 8.84. The Kier molecular flexibility index (Phi) is 5.24. The van der Waals surface area contributed by atoms with Crippen LogP contribution in [0, 0.1) is 18.3 Å². The first-order chi connectivity index (χ1) is 12.2. The van der Waals surface area contributed by atoms with E-state index in [1.165, 1.54) is 16.7 Å². The molecule has 25 heavy (non-hydrogen) atoms. The molecule has 1 heteroatoms. The molecule has 0 fully saturated rings. The highest BCUT2D eigenvalue weighted by Gasteiger charge is 1.93. The standard InChI is InChI=1S/C24H19N/c1-19-5-7-20(8-6-19)9-13-22-3-2-4-23(17-22)14-10-21-11-15-24(18-25)16-12-21/h2-17H,1H3/b13-9+,14-10+. The van der Waals surface area contributed by atoms with E-state index in [9.17, 15) is 0 Å². The molecule has 3 aromatic carbocycles. The summed E-state index contributed by atoms with van der Waals surface area (Å²) in [6.07, 6.45) is 8.40. The van der Waals surface area contributed by atoms with Gasteiger partial charge in [-0.1, -0.05) is 84.5 Å². The summed E-state index contributed by atoms with van der Waals surface area (Å²) in [7, 11) is 0. The minimum Gasteiger partial charge on any atom is -0.192 e. The molecule has 0 aliphatic carbocycles. The summed E-state index contributed by atoms with van der Waals surface area (Å²) < 4.78 is 0. The van der Waals surface area contributed by atoms with Crippen molar-refractivity contribution in [3.8, 4) is 6.07 Å². The second-order valence-corrected chi connectivity index (χ2v) is 5.98. The van der Waals surface area contributed by atoms with Crippen molar-refractivity contribution in [1.29, 1.82) is 5.26 Å². The summed E-state index contributed by atoms with van der Waals surface area (Å²) in [6, 6.07) is 26.6. The fraction of sp³-hybridized carbons (Fsp3) is 0.0417. The van der Waals surface area contributed by atoms with E-state index in [1.54, 1.807) is 0 Å². The van der Waals surface area contributed by atoms with Crippen molar-refractivity contribution in [2.24, 2.45) is 0 Å². The number of benzene rings is 3. The summed E-state index contributed by atoms with van der Waals surface area (Å²) in [5.74, 6) is 0. The lowest BCUT2D eigenvalue weighted by Gasteiger charge is -1.99. The zero-order chi connectivity index (χ0) is 17.5. The van der Waals surface area contributed by atoms with Gasteiger partial charge in [-0.25, -0.2) is 0 Å². The van der Waals surface area contributed by atoms with E-state index in [1.807, 2.05) is 24.3 Å². The van der Waals surface area contributed by atoms with Crippen LogP contribution in [0.4, 0.5) is 0 Å². The van der Waals surface area contributed by atoms with Crippen molar-refractivity contribution >= 4 is 24.3 Å². The maximum atomic E-state index is 8.84. The van der Waals surface area contributed by atoms with E-state index in [2.05, 4.69) is 85.8 Å². The Morgan fingerprint density at radius 2 is 1.12 bits per heavy atom. The van der Waals surface area contributed by atoms with Crippen molar-refractivity contribution in [3.05, 3.63) is 106 Å². The first kappa shape index (κ1) is 16.5. The summed E-state index contributed by atoms with van der Waals surface area (Å²) in [5.41, 5.74) is 6.55. The SMILES string of the molecule is Cc1ccc(/C=C/c2cccc(/C=C/c3ccc(C#N)cc3)c2)cc1. The molecule has 0 saturated carbocycles. The van der Waals surface area contributed by atoms with Gasteiger partial charge in [-0.15, -0.1) is 0 Å². The molecule has 0 atom stereocenters. The normalized spacial score (nSPS) is 11.0. The summed E-state index contributed by atoms with van der Waals surface area (Å²) in [6.45, 7) is 2.09. The van der Waals surface area contributed by atoms with Crippen LogP contribution in [0.15, 0.2) is 72.8 Å². The molecule has 120 valence electrons. The van der Waals surface area contributed by atoms with Crippen LogP contribution in [-0.4, -0.2) is 0 Å². The maximum Gasteiger partial charge on any atom is 0.0991 e. The van der Waals surface area contributed by atoms with Gasteiger partial charge in [0, 0.05) is 0 Å². The third-order valence-corrected chi connectivity index (χ3v) is 3.96. The molecule has 0 bridgehead atoms. The molecule has 0 heterocycles. The van der Waals surface area contributed by atoms with E-state index in [0.29, 0.717) is 5.56 Å². The number of hydrogen-bond acceptors (Lipinski definition) is 1. The predicted octanol–water partition coefficient (Wildman–Crippen LogP) is 6.21. The largest absolute Gasteiger partial charge is 0.192 e. The lowest BCUT2D eigenvalue weighted by atomic mass is 10.1. The second kappa shape index (κ2) is 7.95. The van der Waals surface area contributed by atoms with E-state index >= 15 is 0 Å². The van der Waals surface area contributed by atoms with Crippen LogP contribution in [0.1, 0.15) is 33.4 Å². The van der Waals surface area contributed by atoms with Gasteiger partial charge in [-0.2, -0.15) is 5.26 Å². The molecule has 0 aliphatic rings. The van der Waals surface area contributed by atoms with Crippen LogP contribution in [0.3, 0.4) is 0 Å². The van der Waals surface area contributed by atoms with Crippen LogP contribution in [0.25, 0.3) is 24.3 Å². The molecule has 0 N–H and O–H groups in total. The van der Waals surface area contributed by atoms with Gasteiger partial charge in [0.1, 0.15) is 0 Å². The van der Waals surface area contributed by atoms with Crippen LogP contribution in [0.5, 0.6) is 0 Å². The molecule has 0 radical (unpaired) electrons. The Bertz CT molecular complexity index is 937. The van der Waals surface area contributed by atoms with Gasteiger partial charge in [0.15, 0.2) is 0 Å². The van der Waals surface area contributed by atoms with Crippen LogP contribution >= 0.6 is 0 Å². The Labute approximate surface area is 149 Å². The first-order valence-electron chi connectivity index (χ1n) is 8.26. The molecule has 0 aromatic heterocycles. The summed E-state index contributed by atoms with van der Waals surface area (Å²) in [4.78, 5) is 0. The second-order valence-electron chi connectivity index (χ2n) is 5.98. The van der Waals surface area contributed by atoms with Crippen molar-refractivity contribution in [3.63, 3.8) is 0 Å². The average molecular weight is 321 g/mol. The molecule has 3 aromatic rings. The van der Waals surface area contributed by atoms with Gasteiger partial charge < -0.3 is 0 Å². The highest BCUT2D eigenvalue weighted by atomic mass is 14.2. The van der Waals surface area contributed by atoms with E-state index < -0.39 is 0 Å². The highest BCUT2D eigenvalue weighted by molar-refractivity contribution is 5.74. The molecule has 0 amide bonds. The minimum atomic E-state index is 0.681. The number of nitriles is 1. The molecule has 0 spiro atoms. The topological polar surface area (TPSA) is 23.8 Å². The van der Waals surface area contributed by atoms with Crippen LogP contribution < -0.4 is 0 Å². The van der Waals surface area contributed by atoms with E-state index in [4.69, 9.17) is 5.26 Å². The average Bonchev–Trinajstić information content (AvgIpc) is 2.67. The number of nitrogens with zero attached hydrogens (tertiary/aromatic N) is 1. The summed E-state index contributed by atoms with van der Waals surface area (Å²) >= 11 is 0. The van der Waals surface area contributed by atoms with Gasteiger partial charge >= 0.3 is 0 Å². The van der Waals surface area contributed by atoms with Gasteiger partial charge in [0.05, 0.1) is 11.6 Å². The number of aryl methyl sites for hydroxylation is 1.